The maximum Gasteiger partial charge on any atom is 0.373 e. The van der Waals surface area contributed by atoms with Crippen LogP contribution in [0.1, 0.15) is 39.3 Å². The molecule has 1 aliphatic rings. The first-order chi connectivity index (χ1) is 16.4. The Morgan fingerprint density at radius 2 is 1.91 bits per heavy atom. The maximum absolute atomic E-state index is 13.4. The normalized spacial score (nSPS) is 14.7. The van der Waals surface area contributed by atoms with Crippen LogP contribution >= 0.6 is 0 Å². The molecule has 1 fully saturated rings. The summed E-state index contributed by atoms with van der Waals surface area (Å²) in [5, 5.41) is 4.63. The highest BCUT2D eigenvalue weighted by Crippen LogP contribution is 2.33. The van der Waals surface area contributed by atoms with Gasteiger partial charge >= 0.3 is 5.97 Å². The van der Waals surface area contributed by atoms with Gasteiger partial charge in [-0.25, -0.2) is 9.00 Å². The molecule has 0 aliphatic carbocycles. The van der Waals surface area contributed by atoms with Crippen LogP contribution in [0.15, 0.2) is 45.7 Å². The van der Waals surface area contributed by atoms with Gasteiger partial charge in [-0.3, -0.25) is 9.48 Å². The van der Waals surface area contributed by atoms with Crippen molar-refractivity contribution in [2.75, 3.05) is 33.4 Å². The van der Waals surface area contributed by atoms with Crippen LogP contribution in [0.5, 0.6) is 0 Å². The smallest absolute Gasteiger partial charge is 0.373 e. The van der Waals surface area contributed by atoms with Gasteiger partial charge in [-0.1, -0.05) is 25.1 Å². The topological polar surface area (TPSA) is 124 Å². The zero-order chi connectivity index (χ0) is 24.2. The average Bonchev–Trinajstić information content (AvgIpc) is 3.48. The number of methoxy groups -OCH3 is 1. The molecule has 0 radical (unpaired) electrons. The minimum absolute atomic E-state index is 0.0448. The van der Waals surface area contributed by atoms with E-state index < -0.39 is 17.0 Å². The number of esters is 1. The molecule has 34 heavy (non-hydrogen) atoms. The van der Waals surface area contributed by atoms with Gasteiger partial charge in [0, 0.05) is 24.2 Å². The molecule has 1 amide bonds. The monoisotopic (exact) mass is 487 g/mol. The molecule has 1 atom stereocenters. The summed E-state index contributed by atoms with van der Waals surface area (Å²) in [6.07, 6.45) is 0.471. The summed E-state index contributed by atoms with van der Waals surface area (Å²) >= 11 is -2.25. The largest absolute Gasteiger partial charge is 0.463 e. The van der Waals surface area contributed by atoms with Crippen LogP contribution in [0.2, 0.25) is 0 Å². The summed E-state index contributed by atoms with van der Waals surface area (Å²) in [7, 11) is 1.26. The van der Waals surface area contributed by atoms with Crippen LogP contribution < -0.4 is 0 Å². The SMILES string of the molecule is CCc1c(C(=O)N2CCOCC2)nn(Cc2ccc(C(=O)OC)o2)c1-c1ccccc1S(=O)O. The third-order valence-electron chi connectivity index (χ3n) is 5.59. The fourth-order valence-corrected chi connectivity index (χ4v) is 4.52. The molecule has 3 heterocycles. The number of hydrogen-bond donors (Lipinski definition) is 1. The minimum atomic E-state index is -2.25. The van der Waals surface area contributed by atoms with Crippen molar-refractivity contribution in [2.24, 2.45) is 0 Å². The van der Waals surface area contributed by atoms with Gasteiger partial charge in [0.1, 0.15) is 5.76 Å². The van der Waals surface area contributed by atoms with Gasteiger partial charge < -0.3 is 23.3 Å². The van der Waals surface area contributed by atoms with Crippen molar-refractivity contribution in [1.29, 1.82) is 0 Å². The van der Waals surface area contributed by atoms with E-state index >= 15 is 0 Å². The highest BCUT2D eigenvalue weighted by Gasteiger charge is 2.29. The average molecular weight is 488 g/mol. The number of carbonyl (C=O) groups excluding carboxylic acids is 2. The van der Waals surface area contributed by atoms with E-state index in [9.17, 15) is 18.4 Å². The summed E-state index contributed by atoms with van der Waals surface area (Å²) in [5.74, 6) is -0.369. The Morgan fingerprint density at radius 3 is 2.59 bits per heavy atom. The number of ether oxygens (including phenoxy) is 2. The molecule has 4 rings (SSSR count). The first-order valence-corrected chi connectivity index (χ1v) is 11.9. The number of morpholine rings is 1. The van der Waals surface area contributed by atoms with Crippen molar-refractivity contribution < 1.29 is 32.2 Å². The lowest BCUT2D eigenvalue weighted by Gasteiger charge is -2.26. The lowest BCUT2D eigenvalue weighted by atomic mass is 10.0. The van der Waals surface area contributed by atoms with Crippen LogP contribution in [-0.2, 0) is 33.5 Å². The number of benzene rings is 1. The third kappa shape index (κ3) is 4.67. The maximum atomic E-state index is 13.4. The molecule has 1 aliphatic heterocycles. The molecular formula is C23H25N3O7S. The Labute approximate surface area is 198 Å². The molecular weight excluding hydrogens is 462 g/mol. The van der Waals surface area contributed by atoms with Crippen molar-refractivity contribution in [3.63, 3.8) is 0 Å². The predicted octanol–water partition coefficient (Wildman–Crippen LogP) is 2.59. The van der Waals surface area contributed by atoms with E-state index in [4.69, 9.17) is 13.9 Å². The number of aromatic nitrogens is 2. The standard InChI is InChI=1S/C23H25N3O7S/c1-3-16-20(22(27)25-10-12-32-13-11-25)24-26(14-15-8-9-18(33-15)23(28)31-2)21(16)17-6-4-5-7-19(17)34(29)30/h4-9H,3,10-14H2,1-2H3,(H,29,30). The predicted molar refractivity (Wildman–Crippen MR) is 122 cm³/mol. The number of carbonyl (C=O) groups is 2. The Kier molecular flexibility index (Phi) is 7.25. The van der Waals surface area contributed by atoms with Crippen molar-refractivity contribution in [3.05, 3.63) is 59.2 Å². The van der Waals surface area contributed by atoms with Gasteiger partial charge in [0.2, 0.25) is 5.76 Å². The van der Waals surface area contributed by atoms with Gasteiger partial charge in [-0.2, -0.15) is 5.10 Å². The summed E-state index contributed by atoms with van der Waals surface area (Å²) in [5.41, 5.74) is 1.98. The molecule has 1 saturated heterocycles. The second kappa shape index (κ2) is 10.3. The minimum Gasteiger partial charge on any atom is -0.463 e. The number of nitrogens with zero attached hydrogens (tertiary/aromatic N) is 3. The highest BCUT2D eigenvalue weighted by atomic mass is 32.2. The lowest BCUT2D eigenvalue weighted by Crippen LogP contribution is -2.41. The van der Waals surface area contributed by atoms with E-state index in [2.05, 4.69) is 5.10 Å². The Bertz CT molecular complexity index is 1230. The van der Waals surface area contributed by atoms with E-state index in [0.717, 1.165) is 0 Å². The zero-order valence-electron chi connectivity index (χ0n) is 18.9. The molecule has 1 aromatic carbocycles. The quantitative estimate of drug-likeness (QED) is 0.398. The van der Waals surface area contributed by atoms with Crippen molar-refractivity contribution in [2.45, 2.75) is 24.8 Å². The second-order valence-electron chi connectivity index (χ2n) is 7.59. The second-order valence-corrected chi connectivity index (χ2v) is 8.53. The van der Waals surface area contributed by atoms with Gasteiger partial charge in [0.15, 0.2) is 16.8 Å². The van der Waals surface area contributed by atoms with Crippen LogP contribution in [-0.4, -0.2) is 68.7 Å². The molecule has 180 valence electrons. The summed E-state index contributed by atoms with van der Waals surface area (Å²) < 4.78 is 39.2. The molecule has 10 nitrogen and oxygen atoms in total. The number of hydrogen-bond acceptors (Lipinski definition) is 7. The molecule has 1 N–H and O–H groups in total. The van der Waals surface area contributed by atoms with Crippen LogP contribution in [0, 0.1) is 0 Å². The van der Waals surface area contributed by atoms with E-state index in [1.54, 1.807) is 39.9 Å². The van der Waals surface area contributed by atoms with Gasteiger partial charge in [0.05, 0.1) is 37.5 Å². The molecule has 0 spiro atoms. The first kappa shape index (κ1) is 23.9. The summed E-state index contributed by atoms with van der Waals surface area (Å²) in [6.45, 7) is 3.83. The van der Waals surface area contributed by atoms with E-state index in [0.29, 0.717) is 55.3 Å². The van der Waals surface area contributed by atoms with Gasteiger partial charge in [0.25, 0.3) is 5.91 Å². The summed E-state index contributed by atoms with van der Waals surface area (Å²) in [4.78, 5) is 27.1. The number of rotatable bonds is 7. The van der Waals surface area contributed by atoms with Gasteiger partial charge in [-0.05, 0) is 24.6 Å². The van der Waals surface area contributed by atoms with Crippen molar-refractivity contribution >= 4 is 23.0 Å². The molecule has 0 bridgehead atoms. The molecule has 2 aromatic heterocycles. The third-order valence-corrected chi connectivity index (χ3v) is 6.32. The molecule has 0 saturated carbocycles. The fourth-order valence-electron chi connectivity index (χ4n) is 3.97. The molecule has 1 unspecified atom stereocenters. The van der Waals surface area contributed by atoms with E-state index in [-0.39, 0.29) is 28.8 Å². The fraction of sp³-hybridized carbons (Fsp3) is 0.348. The highest BCUT2D eigenvalue weighted by molar-refractivity contribution is 7.79. The lowest BCUT2D eigenvalue weighted by molar-refractivity contribution is 0.0297. The first-order valence-electron chi connectivity index (χ1n) is 10.8. The van der Waals surface area contributed by atoms with Crippen LogP contribution in [0.25, 0.3) is 11.3 Å². The van der Waals surface area contributed by atoms with Crippen LogP contribution in [0.3, 0.4) is 0 Å². The van der Waals surface area contributed by atoms with Gasteiger partial charge in [-0.15, -0.1) is 0 Å². The van der Waals surface area contributed by atoms with Crippen LogP contribution in [0.4, 0.5) is 0 Å². The van der Waals surface area contributed by atoms with E-state index in [1.165, 1.54) is 13.2 Å². The van der Waals surface area contributed by atoms with Crippen molar-refractivity contribution in [3.8, 4) is 11.3 Å². The van der Waals surface area contributed by atoms with Crippen molar-refractivity contribution in [1.82, 2.24) is 14.7 Å². The Hall–Kier alpha value is -3.28. The Morgan fingerprint density at radius 1 is 1.18 bits per heavy atom. The molecule has 3 aromatic rings. The number of furan rings is 1. The number of amides is 1. The molecule has 11 heteroatoms. The summed E-state index contributed by atoms with van der Waals surface area (Å²) in [6, 6.07) is 9.85. The zero-order valence-corrected chi connectivity index (χ0v) is 19.7. The van der Waals surface area contributed by atoms with E-state index in [1.807, 2.05) is 6.92 Å². The Balaban J connectivity index is 1.84.